The second-order valence-electron chi connectivity index (χ2n) is 4.66. The molecule has 0 amide bonds. The first-order valence-electron chi connectivity index (χ1n) is 6.74. The summed E-state index contributed by atoms with van der Waals surface area (Å²) in [6.07, 6.45) is 0. The molecule has 0 aliphatic heterocycles. The van der Waals surface area contributed by atoms with E-state index in [4.69, 9.17) is 0 Å². The van der Waals surface area contributed by atoms with Gasteiger partial charge in [-0.2, -0.15) is 0 Å². The molecule has 0 saturated heterocycles. The third-order valence-electron chi connectivity index (χ3n) is 3.21. The zero-order valence-corrected chi connectivity index (χ0v) is 12.9. The van der Waals surface area contributed by atoms with Crippen LogP contribution in [0.15, 0.2) is 84.9 Å². The number of hydrogen-bond acceptors (Lipinski definition) is 0. The van der Waals surface area contributed by atoms with Crippen molar-refractivity contribution in [2.45, 2.75) is 5.32 Å². The minimum absolute atomic E-state index is 0.510. The topological polar surface area (TPSA) is 0 Å². The van der Waals surface area contributed by atoms with Crippen LogP contribution in [0.4, 0.5) is 0 Å². The monoisotopic (exact) mass is 324 g/mol. The summed E-state index contributed by atoms with van der Waals surface area (Å²) in [5.74, 6) is 0. The Morgan fingerprint density at radius 2 is 1.10 bits per heavy atom. The zero-order chi connectivity index (χ0) is 13.6. The van der Waals surface area contributed by atoms with E-state index in [0.717, 1.165) is 0 Å². The predicted molar refractivity (Wildman–Crippen MR) is 87.4 cm³/mol. The Labute approximate surface area is 126 Å². The summed E-state index contributed by atoms with van der Waals surface area (Å²) in [6, 6.07) is 30.3. The molecule has 0 bridgehead atoms. The van der Waals surface area contributed by atoms with Gasteiger partial charge < -0.3 is 0 Å². The van der Waals surface area contributed by atoms with E-state index in [2.05, 4.69) is 84.9 Å². The van der Waals surface area contributed by atoms with Gasteiger partial charge in [-0.05, 0) is 0 Å². The van der Waals surface area contributed by atoms with Crippen molar-refractivity contribution in [1.29, 1.82) is 0 Å². The molecule has 0 atom stereocenters. The molecule has 0 aliphatic carbocycles. The van der Waals surface area contributed by atoms with Gasteiger partial charge in [-0.3, -0.25) is 0 Å². The fourth-order valence-corrected chi connectivity index (χ4v) is 3.91. The molecule has 0 N–H and O–H groups in total. The van der Waals surface area contributed by atoms with Crippen LogP contribution < -0.4 is 4.46 Å². The van der Waals surface area contributed by atoms with Crippen molar-refractivity contribution in [3.63, 3.8) is 0 Å². The first kappa shape index (κ1) is 13.2. The molecule has 98 valence electrons. The number of rotatable bonds is 4. The Balaban J connectivity index is 1.68. The summed E-state index contributed by atoms with van der Waals surface area (Å²) in [5.41, 5.74) is 4.01. The van der Waals surface area contributed by atoms with Gasteiger partial charge in [0, 0.05) is 0 Å². The van der Waals surface area contributed by atoms with Crippen LogP contribution >= 0.6 is 0 Å². The third-order valence-corrected chi connectivity index (χ3v) is 5.48. The summed E-state index contributed by atoms with van der Waals surface area (Å²) < 4.78 is 1.46. The van der Waals surface area contributed by atoms with Gasteiger partial charge in [0.2, 0.25) is 0 Å². The van der Waals surface area contributed by atoms with Crippen molar-refractivity contribution in [1.82, 2.24) is 0 Å². The molecule has 3 rings (SSSR count). The Morgan fingerprint density at radius 3 is 1.75 bits per heavy atom. The normalized spacial score (nSPS) is 10.4. The molecular formula is C19H16Se. The molecule has 0 nitrogen and oxygen atoms in total. The summed E-state index contributed by atoms with van der Waals surface area (Å²) in [4.78, 5) is 0. The molecule has 3 aromatic carbocycles. The Kier molecular flexibility index (Phi) is 4.32. The van der Waals surface area contributed by atoms with E-state index < -0.39 is 0 Å². The number of benzene rings is 3. The van der Waals surface area contributed by atoms with Crippen molar-refractivity contribution < 1.29 is 0 Å². The summed E-state index contributed by atoms with van der Waals surface area (Å²) in [5, 5.41) is 1.17. The van der Waals surface area contributed by atoms with Gasteiger partial charge in [0.05, 0.1) is 0 Å². The first-order valence-corrected chi connectivity index (χ1v) is 8.81. The molecule has 0 saturated carbocycles. The van der Waals surface area contributed by atoms with Crippen LogP contribution in [0.1, 0.15) is 5.56 Å². The summed E-state index contributed by atoms with van der Waals surface area (Å²) in [7, 11) is 0. The average Bonchev–Trinajstić information content (AvgIpc) is 2.55. The van der Waals surface area contributed by atoms with E-state index in [1.54, 1.807) is 0 Å². The van der Waals surface area contributed by atoms with E-state index in [1.807, 2.05) is 0 Å². The Morgan fingerprint density at radius 1 is 0.550 bits per heavy atom. The Hall–Kier alpha value is -1.82. The van der Waals surface area contributed by atoms with E-state index in [-0.39, 0.29) is 0 Å². The summed E-state index contributed by atoms with van der Waals surface area (Å²) in [6.45, 7) is 0. The van der Waals surface area contributed by atoms with Gasteiger partial charge in [-0.25, -0.2) is 0 Å². The van der Waals surface area contributed by atoms with E-state index in [1.165, 1.54) is 26.5 Å². The quantitative estimate of drug-likeness (QED) is 0.639. The molecular weight excluding hydrogens is 307 g/mol. The van der Waals surface area contributed by atoms with Crippen LogP contribution in [0.5, 0.6) is 0 Å². The van der Waals surface area contributed by atoms with E-state index in [9.17, 15) is 0 Å². The van der Waals surface area contributed by atoms with Gasteiger partial charge in [-0.1, -0.05) is 0 Å². The average molecular weight is 323 g/mol. The molecule has 0 aliphatic rings. The molecule has 0 heterocycles. The summed E-state index contributed by atoms with van der Waals surface area (Å²) >= 11 is 0.510. The van der Waals surface area contributed by atoms with Crippen molar-refractivity contribution in [2.75, 3.05) is 0 Å². The molecule has 1 heteroatoms. The van der Waals surface area contributed by atoms with Crippen molar-refractivity contribution >= 4 is 19.4 Å². The standard InChI is InChI=1S/C19H16Se/c1-3-7-16(8-4-1)15-20-19-13-11-18(12-14-19)17-9-5-2-6-10-17/h1-14H,15H2. The van der Waals surface area contributed by atoms with E-state index >= 15 is 0 Å². The maximum absolute atomic E-state index is 2.27. The molecule has 3 aromatic rings. The molecule has 0 spiro atoms. The second-order valence-corrected chi connectivity index (χ2v) is 6.87. The van der Waals surface area contributed by atoms with Crippen molar-refractivity contribution in [3.05, 3.63) is 90.5 Å². The van der Waals surface area contributed by atoms with Gasteiger partial charge in [0.1, 0.15) is 0 Å². The second kappa shape index (κ2) is 6.56. The molecule has 0 unspecified atom stereocenters. The van der Waals surface area contributed by atoms with Crippen LogP contribution in [0.3, 0.4) is 0 Å². The van der Waals surface area contributed by atoms with Crippen LogP contribution in [-0.4, -0.2) is 15.0 Å². The van der Waals surface area contributed by atoms with E-state index in [0.29, 0.717) is 15.0 Å². The van der Waals surface area contributed by atoms with Crippen LogP contribution in [-0.2, 0) is 5.32 Å². The Bertz CT molecular complexity index is 642. The van der Waals surface area contributed by atoms with Crippen LogP contribution in [0.2, 0.25) is 0 Å². The third kappa shape index (κ3) is 3.39. The van der Waals surface area contributed by atoms with Crippen LogP contribution in [0.25, 0.3) is 11.1 Å². The minimum atomic E-state index is 0.510. The molecule has 0 radical (unpaired) electrons. The maximum atomic E-state index is 2.27. The first-order chi connectivity index (χ1) is 9.92. The molecule has 20 heavy (non-hydrogen) atoms. The van der Waals surface area contributed by atoms with Crippen molar-refractivity contribution in [2.24, 2.45) is 0 Å². The van der Waals surface area contributed by atoms with Gasteiger partial charge >= 0.3 is 126 Å². The zero-order valence-electron chi connectivity index (χ0n) is 11.2. The van der Waals surface area contributed by atoms with Gasteiger partial charge in [0.25, 0.3) is 0 Å². The van der Waals surface area contributed by atoms with Gasteiger partial charge in [-0.15, -0.1) is 0 Å². The fourth-order valence-electron chi connectivity index (χ4n) is 2.12. The molecule has 0 aromatic heterocycles. The molecule has 0 fully saturated rings. The predicted octanol–water partition coefficient (Wildman–Crippen LogP) is 3.88. The van der Waals surface area contributed by atoms with Crippen molar-refractivity contribution in [3.8, 4) is 11.1 Å². The van der Waals surface area contributed by atoms with Gasteiger partial charge in [0.15, 0.2) is 0 Å². The fraction of sp³-hybridized carbons (Fsp3) is 0.0526. The van der Waals surface area contributed by atoms with Crippen LogP contribution in [0, 0.1) is 0 Å². The SMILES string of the molecule is c1ccc(C[Se]c2ccc(-c3ccccc3)cc2)cc1. The number of hydrogen-bond donors (Lipinski definition) is 0.